The van der Waals surface area contributed by atoms with Crippen molar-refractivity contribution < 1.29 is 14.6 Å². The number of anilines is 1. The monoisotopic (exact) mass is 422 g/mol. The summed E-state index contributed by atoms with van der Waals surface area (Å²) in [6.07, 6.45) is 3.38. The third kappa shape index (κ3) is 5.73. The Labute approximate surface area is 185 Å². The molecule has 0 aromatic heterocycles. The minimum atomic E-state index is -0.488. The predicted octanol–water partition coefficient (Wildman–Crippen LogP) is 3.97. The molecule has 1 saturated heterocycles. The van der Waals surface area contributed by atoms with Crippen molar-refractivity contribution in [3.63, 3.8) is 0 Å². The van der Waals surface area contributed by atoms with E-state index in [9.17, 15) is 9.90 Å². The average Bonchev–Trinajstić information content (AvgIpc) is 2.79. The first-order valence-corrected chi connectivity index (χ1v) is 11.5. The Kier molecular flexibility index (Phi) is 7.38. The Morgan fingerprint density at radius 3 is 2.74 bits per heavy atom. The molecule has 0 aliphatic carbocycles. The molecule has 0 saturated carbocycles. The fourth-order valence-corrected chi connectivity index (χ4v) is 4.69. The second-order valence-corrected chi connectivity index (χ2v) is 8.88. The van der Waals surface area contributed by atoms with Crippen LogP contribution in [-0.4, -0.2) is 54.2 Å². The van der Waals surface area contributed by atoms with Crippen LogP contribution in [0.2, 0.25) is 0 Å². The highest BCUT2D eigenvalue weighted by molar-refractivity contribution is 5.98. The van der Waals surface area contributed by atoms with Crippen molar-refractivity contribution in [2.45, 2.75) is 57.7 Å². The molecule has 5 heteroatoms. The summed E-state index contributed by atoms with van der Waals surface area (Å²) in [6.45, 7) is 6.04. The van der Waals surface area contributed by atoms with E-state index >= 15 is 0 Å². The van der Waals surface area contributed by atoms with Crippen LogP contribution in [0.1, 0.15) is 52.7 Å². The summed E-state index contributed by atoms with van der Waals surface area (Å²) in [7, 11) is 0. The fourth-order valence-electron chi connectivity index (χ4n) is 4.69. The van der Waals surface area contributed by atoms with Gasteiger partial charge in [0.05, 0.1) is 6.10 Å². The normalized spacial score (nSPS) is 18.4. The maximum absolute atomic E-state index is 12.9. The van der Waals surface area contributed by atoms with Crippen LogP contribution in [-0.2, 0) is 17.7 Å². The lowest BCUT2D eigenvalue weighted by Gasteiger charge is -2.30. The maximum Gasteiger partial charge on any atom is 0.163 e. The van der Waals surface area contributed by atoms with E-state index in [1.807, 2.05) is 25.1 Å². The molecule has 1 atom stereocenters. The summed E-state index contributed by atoms with van der Waals surface area (Å²) in [5, 5.41) is 14.2. The first kappa shape index (κ1) is 22.0. The van der Waals surface area contributed by atoms with E-state index in [0.717, 1.165) is 62.4 Å². The van der Waals surface area contributed by atoms with Crippen LogP contribution in [0.15, 0.2) is 42.5 Å². The minimum Gasteiger partial charge on any atom is -0.392 e. The smallest absolute Gasteiger partial charge is 0.163 e. The second-order valence-electron chi connectivity index (χ2n) is 8.88. The zero-order valence-electron chi connectivity index (χ0n) is 18.5. The number of Topliss-reactive ketones (excluding diaryl/α,β-unsaturated/α-hetero) is 1. The van der Waals surface area contributed by atoms with E-state index in [-0.39, 0.29) is 5.78 Å². The van der Waals surface area contributed by atoms with Crippen LogP contribution in [0.4, 0.5) is 5.69 Å². The molecular weight excluding hydrogens is 388 g/mol. The summed E-state index contributed by atoms with van der Waals surface area (Å²) >= 11 is 0. The maximum atomic E-state index is 12.9. The number of hydrogen-bond acceptors (Lipinski definition) is 5. The molecule has 2 N–H and O–H groups in total. The van der Waals surface area contributed by atoms with Crippen LogP contribution in [0.3, 0.4) is 0 Å². The molecule has 0 amide bonds. The van der Waals surface area contributed by atoms with Gasteiger partial charge in [0.15, 0.2) is 5.78 Å². The minimum absolute atomic E-state index is 0.108. The summed E-state index contributed by atoms with van der Waals surface area (Å²) < 4.78 is 5.43. The van der Waals surface area contributed by atoms with Crippen molar-refractivity contribution in [3.8, 4) is 0 Å². The third-order valence-corrected chi connectivity index (χ3v) is 6.60. The van der Waals surface area contributed by atoms with Gasteiger partial charge in [0.25, 0.3) is 0 Å². The number of aliphatic hydroxyl groups excluding tert-OH is 1. The number of carbonyl (C=O) groups excluding carboxylic acids is 1. The number of ketones is 1. The highest BCUT2D eigenvalue weighted by Crippen LogP contribution is 2.24. The molecule has 1 fully saturated rings. The zero-order chi connectivity index (χ0) is 21.6. The van der Waals surface area contributed by atoms with E-state index in [4.69, 9.17) is 4.74 Å². The molecule has 2 heterocycles. The van der Waals surface area contributed by atoms with Crippen LogP contribution >= 0.6 is 0 Å². The van der Waals surface area contributed by atoms with Crippen molar-refractivity contribution >= 4 is 11.5 Å². The molecule has 0 spiro atoms. The number of rotatable bonds is 8. The number of benzene rings is 2. The molecule has 2 aromatic rings. The van der Waals surface area contributed by atoms with E-state index in [1.165, 1.54) is 11.1 Å². The summed E-state index contributed by atoms with van der Waals surface area (Å²) in [6, 6.07) is 14.8. The van der Waals surface area contributed by atoms with Gasteiger partial charge >= 0.3 is 0 Å². The molecule has 166 valence electrons. The number of nitrogens with zero attached hydrogens (tertiary/aromatic N) is 1. The summed E-state index contributed by atoms with van der Waals surface area (Å²) in [5.74, 6) is 0.108. The Morgan fingerprint density at radius 1 is 1.16 bits per heavy atom. The highest BCUT2D eigenvalue weighted by Gasteiger charge is 2.20. The lowest BCUT2D eigenvalue weighted by molar-refractivity contribution is 0.0836. The van der Waals surface area contributed by atoms with Crippen LogP contribution < -0.4 is 5.32 Å². The van der Waals surface area contributed by atoms with Crippen molar-refractivity contribution in [1.29, 1.82) is 0 Å². The lowest BCUT2D eigenvalue weighted by atomic mass is 9.97. The fraction of sp³-hybridized carbons (Fsp3) is 0.500. The van der Waals surface area contributed by atoms with Crippen molar-refractivity contribution in [2.24, 2.45) is 0 Å². The van der Waals surface area contributed by atoms with E-state index in [1.54, 1.807) is 0 Å². The first-order valence-electron chi connectivity index (χ1n) is 11.5. The molecule has 2 aliphatic rings. The molecule has 1 unspecified atom stereocenters. The predicted molar refractivity (Wildman–Crippen MR) is 124 cm³/mol. The molecular formula is C26H34N2O3. The third-order valence-electron chi connectivity index (χ3n) is 6.60. The van der Waals surface area contributed by atoms with Gasteiger partial charge in [-0.1, -0.05) is 36.4 Å². The van der Waals surface area contributed by atoms with Gasteiger partial charge in [-0.3, -0.25) is 9.69 Å². The van der Waals surface area contributed by atoms with Gasteiger partial charge < -0.3 is 15.2 Å². The Hall–Kier alpha value is -2.21. The number of carbonyl (C=O) groups is 1. The van der Waals surface area contributed by atoms with Crippen molar-refractivity contribution in [2.75, 3.05) is 31.6 Å². The van der Waals surface area contributed by atoms with Gasteiger partial charge in [-0.05, 0) is 55.4 Å². The Bertz CT molecular complexity index is 892. The highest BCUT2D eigenvalue weighted by atomic mass is 16.5. The zero-order valence-corrected chi connectivity index (χ0v) is 18.5. The Morgan fingerprint density at radius 2 is 1.94 bits per heavy atom. The van der Waals surface area contributed by atoms with Crippen molar-refractivity contribution in [3.05, 3.63) is 64.7 Å². The van der Waals surface area contributed by atoms with Crippen LogP contribution in [0, 0.1) is 6.92 Å². The number of fused-ring (bicyclic) bond motifs is 1. The first-order chi connectivity index (χ1) is 15.1. The van der Waals surface area contributed by atoms with Gasteiger partial charge in [-0.25, -0.2) is 0 Å². The van der Waals surface area contributed by atoms with E-state index in [2.05, 4.69) is 34.5 Å². The molecule has 4 rings (SSSR count). The van der Waals surface area contributed by atoms with Gasteiger partial charge in [0.1, 0.15) is 0 Å². The topological polar surface area (TPSA) is 61.8 Å². The standard InChI is InChI=1S/C26H34N2O3/c1-19-24(7-4-8-25(19)27-22-12-15-31-16-13-22)26(30)10-9-23(29)18-28-14-11-20-5-2-3-6-21(20)17-28/h2-8,22-23,27,29H,9-18H2,1H3. The summed E-state index contributed by atoms with van der Waals surface area (Å²) in [5.41, 5.74) is 5.55. The van der Waals surface area contributed by atoms with Gasteiger partial charge in [0.2, 0.25) is 0 Å². The lowest BCUT2D eigenvalue weighted by Crippen LogP contribution is -2.36. The number of aliphatic hydroxyl groups is 1. The Balaban J connectivity index is 1.29. The van der Waals surface area contributed by atoms with Gasteiger partial charge in [-0.2, -0.15) is 0 Å². The molecule has 0 radical (unpaired) electrons. The largest absolute Gasteiger partial charge is 0.392 e. The molecule has 0 bridgehead atoms. The van der Waals surface area contributed by atoms with Gasteiger partial charge in [0, 0.05) is 56.6 Å². The van der Waals surface area contributed by atoms with E-state index in [0.29, 0.717) is 25.4 Å². The van der Waals surface area contributed by atoms with Crippen LogP contribution in [0.5, 0.6) is 0 Å². The SMILES string of the molecule is Cc1c(NC2CCOCC2)cccc1C(=O)CCC(O)CN1CCc2ccccc2C1. The molecule has 2 aromatic carbocycles. The molecule has 2 aliphatic heterocycles. The summed E-state index contributed by atoms with van der Waals surface area (Å²) in [4.78, 5) is 15.2. The van der Waals surface area contributed by atoms with Crippen molar-refractivity contribution in [1.82, 2.24) is 4.90 Å². The number of nitrogens with one attached hydrogen (secondary N) is 1. The van der Waals surface area contributed by atoms with E-state index < -0.39 is 6.10 Å². The molecule has 31 heavy (non-hydrogen) atoms. The van der Waals surface area contributed by atoms with Crippen LogP contribution in [0.25, 0.3) is 0 Å². The number of hydrogen-bond donors (Lipinski definition) is 2. The average molecular weight is 423 g/mol. The quantitative estimate of drug-likeness (QED) is 0.631. The number of ether oxygens (including phenoxy) is 1. The second kappa shape index (κ2) is 10.4. The molecule has 5 nitrogen and oxygen atoms in total. The number of β-amino-alcohol motifs (C(OH)–C–C–N with tert-alkyl or cyclic N) is 1. The van der Waals surface area contributed by atoms with Gasteiger partial charge in [-0.15, -0.1) is 0 Å².